The second kappa shape index (κ2) is 41.1. The molecule has 3 fully saturated rings. The average molecular weight is 1340 g/mol. The molecule has 2 aromatic heterocycles. The first-order valence-corrected chi connectivity index (χ1v) is 35.3. The number of hydrogen-bond donors (Lipinski definition) is 2. The number of para-hydroxylation sites is 4. The quantitative estimate of drug-likeness (QED) is 0.0803. The van der Waals surface area contributed by atoms with E-state index in [0.29, 0.717) is 127 Å². The Kier molecular flexibility index (Phi) is 35.4. The zero-order valence-electron chi connectivity index (χ0n) is 60.6. The molecule has 5 heterocycles. The molecule has 0 spiro atoms. The monoisotopic (exact) mass is 1340 g/mol. The number of ether oxygens (including phenoxy) is 6. The molecular weight excluding hydrogens is 1220 g/mol. The molecule has 0 aliphatic carbocycles. The Morgan fingerprint density at radius 2 is 0.516 bits per heavy atom. The zero-order chi connectivity index (χ0) is 67.0. The van der Waals surface area contributed by atoms with Gasteiger partial charge >= 0.3 is 0 Å². The molecule has 3 aliphatic rings. The zero-order valence-corrected chi connectivity index (χ0v) is 65.4. The fourth-order valence-corrected chi connectivity index (χ4v) is 12.9. The van der Waals surface area contributed by atoms with Gasteiger partial charge < -0.3 is 48.2 Å². The van der Waals surface area contributed by atoms with Gasteiger partial charge in [-0.15, -0.1) is 0 Å². The Balaban J connectivity index is 0.000000254. The largest absolute Gasteiger partial charge is 0.378 e. The predicted molar refractivity (Wildman–Crippen MR) is 398 cm³/mol. The Hall–Kier alpha value is -3.46. The summed E-state index contributed by atoms with van der Waals surface area (Å²) in [7, 11) is 0. The molecule has 15 heteroatoms. The minimum atomic E-state index is 0. The molecule has 3 saturated heterocycles. The van der Waals surface area contributed by atoms with E-state index in [2.05, 4.69) is 251 Å². The van der Waals surface area contributed by atoms with E-state index in [4.69, 9.17) is 52.9 Å². The van der Waals surface area contributed by atoms with E-state index >= 15 is 0 Å². The summed E-state index contributed by atoms with van der Waals surface area (Å²) in [6.07, 6.45) is 0. The molecule has 93 heavy (non-hydrogen) atoms. The van der Waals surface area contributed by atoms with Crippen LogP contribution >= 0.6 is 24.4 Å². The first-order chi connectivity index (χ1) is 44.0. The van der Waals surface area contributed by atoms with Gasteiger partial charge in [0.15, 0.2) is 0 Å². The standard InChI is InChI=1S/2C30H40N2S.C18H36N2O6.K/c2*1-18(2)24-12-10-13-25(19(3)4)29(24)31-23-16-22(9)32(28(33)17-23)30-26(20(5)6)14-11-15-27(30)21(7)8;1-7-21-13-14-24-10-4-20-5-11-25-17-15-22-8-2-19(1)3-9-23-16-18-26-12-6-20;/h2*10-21,31H,1-9H3;1-18H2;. The second-order valence-electron chi connectivity index (χ2n) is 27.2. The maximum absolute atomic E-state index is 6.01. The van der Waals surface area contributed by atoms with E-state index in [1.807, 2.05) is 0 Å². The normalized spacial score (nSPS) is 16.9. The first kappa shape index (κ1) is 80.2. The third kappa shape index (κ3) is 24.2. The molecule has 9 rings (SSSR count). The van der Waals surface area contributed by atoms with Crippen LogP contribution in [0.2, 0.25) is 0 Å². The van der Waals surface area contributed by atoms with Crippen LogP contribution in [-0.4, -0.2) is 189 Å². The van der Waals surface area contributed by atoms with Gasteiger partial charge in [0.05, 0.1) is 90.7 Å². The number of aryl methyl sites for hydroxylation is 2. The minimum absolute atomic E-state index is 0. The third-order valence-electron chi connectivity index (χ3n) is 17.3. The van der Waals surface area contributed by atoms with Crippen LogP contribution in [0.4, 0.5) is 22.7 Å². The minimum Gasteiger partial charge on any atom is -0.378 e. The molecule has 0 saturated carbocycles. The Bertz CT molecular complexity index is 2970. The second-order valence-corrected chi connectivity index (χ2v) is 28.0. The molecule has 2 N–H and O–H groups in total. The Morgan fingerprint density at radius 1 is 0.312 bits per heavy atom. The summed E-state index contributed by atoms with van der Waals surface area (Å²) in [5, 5.41) is 7.52. The molecule has 4 aromatic carbocycles. The van der Waals surface area contributed by atoms with Crippen LogP contribution < -0.4 is 10.6 Å². The van der Waals surface area contributed by atoms with E-state index in [1.165, 1.54) is 67.3 Å². The van der Waals surface area contributed by atoms with Crippen LogP contribution in [0.5, 0.6) is 0 Å². The van der Waals surface area contributed by atoms with Gasteiger partial charge in [0.2, 0.25) is 0 Å². The van der Waals surface area contributed by atoms with Crippen LogP contribution in [0.1, 0.15) is 214 Å². The fraction of sp³-hybridized carbons (Fsp3) is 0.564. The average Bonchev–Trinajstić information content (AvgIpc) is 0.785. The predicted octanol–water partition coefficient (Wildman–Crippen LogP) is 18.8. The first-order valence-electron chi connectivity index (χ1n) is 34.4. The topological polar surface area (TPSA) is 95.8 Å². The third-order valence-corrected chi connectivity index (χ3v) is 17.9. The summed E-state index contributed by atoms with van der Waals surface area (Å²) >= 11 is 12.0. The van der Waals surface area contributed by atoms with Crippen LogP contribution in [0.25, 0.3) is 11.4 Å². The smallest absolute Gasteiger partial charge is 0.112 e. The van der Waals surface area contributed by atoms with Gasteiger partial charge in [0, 0.05) is 125 Å². The van der Waals surface area contributed by atoms with Crippen molar-refractivity contribution in [3.63, 3.8) is 0 Å². The molecule has 507 valence electrons. The fourth-order valence-electron chi connectivity index (χ4n) is 12.1. The number of aromatic nitrogens is 2. The van der Waals surface area contributed by atoms with Crippen molar-refractivity contribution in [1.82, 2.24) is 18.9 Å². The number of anilines is 4. The maximum Gasteiger partial charge on any atom is 0.112 e. The molecular formula is C78H116KN6O6S2. The Labute approximate surface area is 615 Å². The van der Waals surface area contributed by atoms with E-state index < -0.39 is 0 Å². The van der Waals surface area contributed by atoms with Gasteiger partial charge in [-0.1, -0.05) is 208 Å². The summed E-state index contributed by atoms with van der Waals surface area (Å²) in [6, 6.07) is 35.3. The van der Waals surface area contributed by atoms with Gasteiger partial charge in [0.1, 0.15) is 9.28 Å². The van der Waals surface area contributed by atoms with Gasteiger partial charge in [-0.2, -0.15) is 0 Å². The summed E-state index contributed by atoms with van der Waals surface area (Å²) in [5.74, 6) is 3.44. The van der Waals surface area contributed by atoms with Crippen LogP contribution in [0, 0.1) is 23.1 Å². The van der Waals surface area contributed by atoms with E-state index in [1.54, 1.807) is 0 Å². The van der Waals surface area contributed by atoms with Gasteiger partial charge in [0.25, 0.3) is 0 Å². The molecule has 6 aromatic rings. The number of fused-ring (bicyclic) bond motifs is 21. The van der Waals surface area contributed by atoms with Gasteiger partial charge in [-0.25, -0.2) is 0 Å². The molecule has 1 radical (unpaired) electrons. The van der Waals surface area contributed by atoms with Crippen molar-refractivity contribution in [2.45, 2.75) is 172 Å². The molecule has 2 bridgehead atoms. The molecule has 12 nitrogen and oxygen atoms in total. The number of hydrogen-bond acceptors (Lipinski definition) is 12. The summed E-state index contributed by atoms with van der Waals surface area (Å²) in [6.45, 7) is 53.6. The van der Waals surface area contributed by atoms with E-state index in [-0.39, 0.29) is 51.4 Å². The maximum atomic E-state index is 6.01. The van der Waals surface area contributed by atoms with Crippen molar-refractivity contribution in [2.75, 3.05) is 129 Å². The summed E-state index contributed by atoms with van der Waals surface area (Å²) < 4.78 is 40.4. The van der Waals surface area contributed by atoms with E-state index in [9.17, 15) is 0 Å². The number of nitrogens with one attached hydrogen (secondary N) is 2. The van der Waals surface area contributed by atoms with Crippen LogP contribution in [0.3, 0.4) is 0 Å². The Morgan fingerprint density at radius 3 is 0.710 bits per heavy atom. The van der Waals surface area contributed by atoms with Crippen molar-refractivity contribution in [2.24, 2.45) is 0 Å². The van der Waals surface area contributed by atoms with Crippen molar-refractivity contribution in [3.05, 3.63) is 162 Å². The summed E-state index contributed by atoms with van der Waals surface area (Å²) in [4.78, 5) is 4.62. The molecule has 0 atom stereocenters. The number of pyridine rings is 2. The van der Waals surface area contributed by atoms with Crippen LogP contribution in [-0.2, 0) is 28.4 Å². The molecule has 3 aliphatic heterocycles. The van der Waals surface area contributed by atoms with Gasteiger partial charge in [-0.05, 0) is 130 Å². The van der Waals surface area contributed by atoms with Crippen molar-refractivity contribution in [1.29, 1.82) is 0 Å². The SMILES string of the molecule is C1COCCN2CCOCCOCCN(CCO1)CCOCCOCC2.Cc1cc(Nc2c(C(C)C)cccc2C(C)C)cc(=S)n1-c1c(C(C)C)cccc1C(C)C.Cc1cc(Nc2c(C(C)C)cccc2C(C)C)cc(=S)n1-c1c(C(C)C)cccc1C(C)C.[K]. The molecule has 0 amide bonds. The van der Waals surface area contributed by atoms with E-state index in [0.717, 1.165) is 71.3 Å². The van der Waals surface area contributed by atoms with Crippen molar-refractivity contribution in [3.8, 4) is 11.4 Å². The number of benzene rings is 4. The number of nitrogens with zero attached hydrogens (tertiary/aromatic N) is 4. The van der Waals surface area contributed by atoms with Crippen molar-refractivity contribution < 1.29 is 28.4 Å². The number of rotatable bonds is 14. The van der Waals surface area contributed by atoms with Crippen LogP contribution in [0.15, 0.2) is 97.1 Å². The molecule has 0 unspecified atom stereocenters. The summed E-state index contributed by atoms with van der Waals surface area (Å²) in [5.41, 5.74) is 20.1. The van der Waals surface area contributed by atoms with Crippen molar-refractivity contribution >= 4 is 98.6 Å². The van der Waals surface area contributed by atoms with Gasteiger partial charge in [-0.3, -0.25) is 9.80 Å².